The van der Waals surface area contributed by atoms with E-state index in [1.54, 1.807) is 0 Å². The summed E-state index contributed by atoms with van der Waals surface area (Å²) >= 11 is 0. The van der Waals surface area contributed by atoms with Gasteiger partial charge in [0.25, 0.3) is 0 Å². The zero-order valence-electron chi connectivity index (χ0n) is 33.2. The molecular weight excluding hydrogens is 842 g/mol. The molecule has 54 heavy (non-hydrogen) atoms. The Balaban J connectivity index is 0.00000413. The average Bonchev–Trinajstić information content (AvgIpc) is 3.70. The van der Waals surface area contributed by atoms with Crippen molar-refractivity contribution >= 4 is 49.6 Å². The van der Waals surface area contributed by atoms with Crippen LogP contribution in [0.1, 0.15) is 95.9 Å². The van der Waals surface area contributed by atoms with E-state index < -0.39 is 0 Å². The van der Waals surface area contributed by atoms with Gasteiger partial charge in [0.15, 0.2) is 0 Å². The van der Waals surface area contributed by atoms with Crippen molar-refractivity contribution in [2.45, 2.75) is 112 Å². The van der Waals surface area contributed by atoms with Crippen molar-refractivity contribution in [1.82, 2.24) is 19.0 Å². The molecule has 5 nitrogen and oxygen atoms in total. The van der Waals surface area contributed by atoms with Crippen LogP contribution in [0.3, 0.4) is 0 Å². The summed E-state index contributed by atoms with van der Waals surface area (Å²) in [5.41, 5.74) is 10.5. The van der Waals surface area contributed by atoms with E-state index >= 15 is 0 Å². The normalized spacial score (nSPS) is 19.3. The Labute approximate surface area is 334 Å². The molecule has 9 rings (SSSR count). The molecule has 4 aromatic carbocycles. The molecule has 0 saturated heterocycles. The number of pyridine rings is 1. The number of aryl methyl sites for hydroxylation is 3. The third kappa shape index (κ3) is 5.43. The van der Waals surface area contributed by atoms with Crippen molar-refractivity contribution < 1.29 is 21.1 Å². The Morgan fingerprint density at radius 1 is 0.685 bits per heavy atom. The predicted molar refractivity (Wildman–Crippen MR) is 222 cm³/mol. The second-order valence-corrected chi connectivity index (χ2v) is 17.6. The molecule has 0 bridgehead atoms. The number of fused-ring (bicyclic) bond motifs is 6. The summed E-state index contributed by atoms with van der Waals surface area (Å²) in [7, 11) is 0. The Bertz CT molecular complexity index is 2630. The molecule has 0 N–H and O–H groups in total. The first-order chi connectivity index (χ1) is 25.3. The maximum atomic E-state index is 5.77. The van der Waals surface area contributed by atoms with Crippen LogP contribution in [0.5, 0.6) is 0 Å². The van der Waals surface area contributed by atoms with Gasteiger partial charge in [-0.3, -0.25) is 0 Å². The number of hydrogen-bond acceptors (Lipinski definition) is 3. The number of hydrogen-bond donors (Lipinski definition) is 0. The first-order valence-corrected chi connectivity index (χ1v) is 19.5. The van der Waals surface area contributed by atoms with Gasteiger partial charge in [0.05, 0.1) is 16.6 Å². The first-order valence-electron chi connectivity index (χ1n) is 19.5. The maximum Gasteiger partial charge on any atom is 2.00 e. The summed E-state index contributed by atoms with van der Waals surface area (Å²) < 4.78 is 4.65. The van der Waals surface area contributed by atoms with Gasteiger partial charge in [-0.15, -0.1) is 46.8 Å². The summed E-state index contributed by atoms with van der Waals surface area (Å²) in [6.07, 6.45) is 8.19. The zero-order valence-corrected chi connectivity index (χ0v) is 35.4. The smallest absolute Gasteiger partial charge is 0.386 e. The fourth-order valence-electron chi connectivity index (χ4n) is 9.71. The van der Waals surface area contributed by atoms with Crippen LogP contribution in [0.2, 0.25) is 0 Å². The third-order valence-corrected chi connectivity index (χ3v) is 13.0. The van der Waals surface area contributed by atoms with Gasteiger partial charge in [0.1, 0.15) is 5.65 Å². The number of aromatic nitrogens is 3. The van der Waals surface area contributed by atoms with E-state index in [4.69, 9.17) is 9.98 Å². The number of nitrogens with zero attached hydrogens (tertiary/aromatic N) is 5. The van der Waals surface area contributed by atoms with Gasteiger partial charge in [0.2, 0.25) is 0 Å². The number of amidine groups is 1. The van der Waals surface area contributed by atoms with Crippen LogP contribution in [0.15, 0.2) is 84.0 Å². The Kier molecular flexibility index (Phi) is 8.81. The van der Waals surface area contributed by atoms with E-state index in [1.165, 1.54) is 65.0 Å². The zero-order chi connectivity index (χ0) is 37.0. The minimum Gasteiger partial charge on any atom is -0.386 e. The molecule has 1 atom stereocenters. The summed E-state index contributed by atoms with van der Waals surface area (Å²) in [5, 5.41) is 4.76. The van der Waals surface area contributed by atoms with Crippen LogP contribution in [0.4, 0.5) is 0 Å². The molecule has 0 unspecified atom stereocenters. The van der Waals surface area contributed by atoms with Gasteiger partial charge < -0.3 is 19.0 Å². The van der Waals surface area contributed by atoms with Crippen molar-refractivity contribution in [3.63, 3.8) is 0 Å². The molecule has 1 aliphatic heterocycles. The van der Waals surface area contributed by atoms with E-state index in [1.807, 2.05) is 12.3 Å². The van der Waals surface area contributed by atoms with Crippen molar-refractivity contribution in [2.75, 3.05) is 0 Å². The van der Waals surface area contributed by atoms with Gasteiger partial charge in [0, 0.05) is 34.4 Å². The maximum absolute atomic E-state index is 5.77. The molecule has 1 saturated carbocycles. The minimum absolute atomic E-state index is 0. The van der Waals surface area contributed by atoms with Crippen LogP contribution in [0.25, 0.3) is 55.1 Å². The molecule has 6 heteroatoms. The van der Waals surface area contributed by atoms with Crippen molar-refractivity contribution in [2.24, 2.45) is 10.4 Å². The van der Waals surface area contributed by atoms with Crippen LogP contribution in [-0.4, -0.2) is 42.0 Å². The largest absolute Gasteiger partial charge is 2.00 e. The summed E-state index contributed by atoms with van der Waals surface area (Å²) in [6.45, 7) is 20.8. The van der Waals surface area contributed by atoms with Gasteiger partial charge >= 0.3 is 21.1 Å². The van der Waals surface area contributed by atoms with Crippen LogP contribution in [-0.2, 0) is 21.1 Å². The van der Waals surface area contributed by atoms with E-state index in [9.17, 15) is 0 Å². The standard InChI is InChI=1S/C48H51N5.Pt/c1-30-17-21-41-39(26-30)37-20-19-35(52-42-22-18-31(2)27-40(42)38-16-13-23-49-45(38)52)29-43(37)51(41)36-25-32(3)24-33(28-36)44-50-48(9,46(4,5)6)47(7,8)53(44)34-14-11-10-12-15-34;/h13,16-27,34H,10-12,14-15H2,1-9H3;/q-2;+2/t48-;/m1./s1. The number of aliphatic imine (C=N–C) groups is 1. The molecule has 1 aliphatic carbocycles. The van der Waals surface area contributed by atoms with Gasteiger partial charge in [-0.25, -0.2) is 4.98 Å². The molecule has 4 heterocycles. The second kappa shape index (κ2) is 12.9. The topological polar surface area (TPSA) is 38.4 Å². The first kappa shape index (κ1) is 36.7. The van der Waals surface area contributed by atoms with Crippen LogP contribution < -0.4 is 0 Å². The SMILES string of the molecule is Cc1cc(C2=N[C@](C)(C(C)(C)C)C(C)(C)N2C2CCCCC2)[c-]c(-n2c3[c-]c(-n4c5ccc(C)cc5c5cccnc54)ccc3c3cc(C)ccc32)c1.[Pt+2]. The second-order valence-electron chi connectivity index (χ2n) is 17.6. The van der Waals surface area contributed by atoms with Gasteiger partial charge in [-0.05, 0) is 94.3 Å². The third-order valence-electron chi connectivity index (χ3n) is 13.0. The number of rotatable bonds is 4. The Morgan fingerprint density at radius 2 is 1.35 bits per heavy atom. The monoisotopic (exact) mass is 892 g/mol. The summed E-state index contributed by atoms with van der Waals surface area (Å²) in [4.78, 5) is 13.4. The van der Waals surface area contributed by atoms with Gasteiger partial charge in [-0.1, -0.05) is 87.5 Å². The molecule has 0 amide bonds. The average molecular weight is 893 g/mol. The molecular formula is C48H51N5Pt. The fraction of sp³-hybridized carbons (Fsp3) is 0.375. The molecule has 1 fully saturated rings. The molecule has 278 valence electrons. The van der Waals surface area contributed by atoms with Crippen LogP contribution >= 0.6 is 0 Å². The molecule has 7 aromatic rings. The Morgan fingerprint density at radius 3 is 2.04 bits per heavy atom. The van der Waals surface area contributed by atoms with Crippen molar-refractivity contribution in [3.05, 3.63) is 113 Å². The number of benzene rings is 4. The molecule has 3 aromatic heterocycles. The fourth-order valence-corrected chi connectivity index (χ4v) is 9.71. The van der Waals surface area contributed by atoms with E-state index in [-0.39, 0.29) is 37.6 Å². The van der Waals surface area contributed by atoms with Gasteiger partial charge in [-0.2, -0.15) is 6.07 Å². The van der Waals surface area contributed by atoms with Crippen molar-refractivity contribution in [1.29, 1.82) is 0 Å². The van der Waals surface area contributed by atoms with Crippen LogP contribution in [0, 0.1) is 38.3 Å². The molecule has 0 radical (unpaired) electrons. The Hall–Kier alpha value is -4.21. The van der Waals surface area contributed by atoms with E-state index in [2.05, 4.69) is 155 Å². The van der Waals surface area contributed by atoms with E-state index in [0.717, 1.165) is 50.4 Å². The molecule has 0 spiro atoms. The quantitative estimate of drug-likeness (QED) is 0.165. The summed E-state index contributed by atoms with van der Waals surface area (Å²) in [5.74, 6) is 1.09. The predicted octanol–water partition coefficient (Wildman–Crippen LogP) is 11.8. The minimum atomic E-state index is -0.285. The molecule has 2 aliphatic rings. The summed E-state index contributed by atoms with van der Waals surface area (Å²) in [6, 6.07) is 35.2. The van der Waals surface area contributed by atoms with Crippen molar-refractivity contribution in [3.8, 4) is 11.4 Å². The van der Waals surface area contributed by atoms with E-state index in [0.29, 0.717) is 6.04 Å².